The molecule has 1 atom stereocenters. The van der Waals surface area contributed by atoms with Gasteiger partial charge in [0.2, 0.25) is 0 Å². The first-order valence-electron chi connectivity index (χ1n) is 8.73. The van der Waals surface area contributed by atoms with Crippen LogP contribution in [0.4, 0.5) is 0 Å². The first-order valence-corrected chi connectivity index (χ1v) is 8.73. The maximum absolute atomic E-state index is 12.1. The van der Waals surface area contributed by atoms with Crippen molar-refractivity contribution in [3.8, 4) is 5.75 Å². The summed E-state index contributed by atoms with van der Waals surface area (Å²) in [4.78, 5) is 12.1. The average molecular weight is 338 g/mol. The molecule has 2 aromatic carbocycles. The summed E-state index contributed by atoms with van der Waals surface area (Å²) in [5.41, 5.74) is 3.08. The monoisotopic (exact) mass is 338 g/mol. The van der Waals surface area contributed by atoms with E-state index in [1.54, 1.807) is 31.4 Å². The maximum atomic E-state index is 12.1. The highest BCUT2D eigenvalue weighted by atomic mass is 16.5. The average Bonchev–Trinajstić information content (AvgIpc) is 2.65. The lowest BCUT2D eigenvalue weighted by atomic mass is 10.1. The zero-order chi connectivity index (χ0) is 18.1. The highest BCUT2D eigenvalue weighted by Crippen LogP contribution is 2.14. The van der Waals surface area contributed by atoms with E-state index in [-0.39, 0.29) is 12.1 Å². The zero-order valence-electron chi connectivity index (χ0n) is 15.2. The summed E-state index contributed by atoms with van der Waals surface area (Å²) in [6.45, 7) is 4.07. The van der Waals surface area contributed by atoms with E-state index in [9.17, 15) is 4.79 Å². The molecule has 0 aliphatic rings. The number of aryl methyl sites for hydroxylation is 1. The van der Waals surface area contributed by atoms with Gasteiger partial charge < -0.3 is 9.47 Å². The Labute approximate surface area is 150 Å². The van der Waals surface area contributed by atoms with Crippen molar-refractivity contribution in [1.82, 2.24) is 0 Å². The van der Waals surface area contributed by atoms with Crippen molar-refractivity contribution in [1.29, 1.82) is 0 Å². The van der Waals surface area contributed by atoms with E-state index in [1.807, 2.05) is 6.92 Å². The molecule has 2 aromatic rings. The van der Waals surface area contributed by atoms with Crippen LogP contribution in [0.15, 0.2) is 54.6 Å². The first-order chi connectivity index (χ1) is 12.1. The number of carbonyl (C=O) groups excluding carboxylic acids is 1. The SMILES string of the molecule is CCc1ccc(C=CCCC(C)OC(=O)c2ccc(OC)cc2)cc1. The molecule has 0 aliphatic heterocycles. The summed E-state index contributed by atoms with van der Waals surface area (Å²) in [6, 6.07) is 15.5. The molecule has 0 aliphatic carbocycles. The van der Waals surface area contributed by atoms with Gasteiger partial charge in [-0.15, -0.1) is 0 Å². The Morgan fingerprint density at radius 2 is 1.76 bits per heavy atom. The van der Waals surface area contributed by atoms with E-state index in [0.29, 0.717) is 5.56 Å². The molecule has 0 N–H and O–H groups in total. The van der Waals surface area contributed by atoms with Crippen molar-refractivity contribution in [2.75, 3.05) is 7.11 Å². The highest BCUT2D eigenvalue weighted by Gasteiger charge is 2.11. The minimum absolute atomic E-state index is 0.123. The topological polar surface area (TPSA) is 35.5 Å². The van der Waals surface area contributed by atoms with Gasteiger partial charge in [-0.2, -0.15) is 0 Å². The minimum atomic E-state index is -0.297. The van der Waals surface area contributed by atoms with Gasteiger partial charge in [-0.25, -0.2) is 4.79 Å². The van der Waals surface area contributed by atoms with Gasteiger partial charge in [-0.1, -0.05) is 43.3 Å². The molecule has 0 amide bonds. The summed E-state index contributed by atoms with van der Waals surface area (Å²) in [5.74, 6) is 0.427. The van der Waals surface area contributed by atoms with Gasteiger partial charge in [-0.3, -0.25) is 0 Å². The number of allylic oxidation sites excluding steroid dienone is 1. The largest absolute Gasteiger partial charge is 0.497 e. The number of esters is 1. The molecule has 0 radical (unpaired) electrons. The summed E-state index contributed by atoms with van der Waals surface area (Å²) in [7, 11) is 1.60. The van der Waals surface area contributed by atoms with Gasteiger partial charge >= 0.3 is 5.97 Å². The van der Waals surface area contributed by atoms with Gasteiger partial charge in [0.15, 0.2) is 0 Å². The predicted molar refractivity (Wildman–Crippen MR) is 102 cm³/mol. The van der Waals surface area contributed by atoms with Crippen molar-refractivity contribution in [3.05, 3.63) is 71.3 Å². The fourth-order valence-electron chi connectivity index (χ4n) is 2.45. The van der Waals surface area contributed by atoms with E-state index in [1.165, 1.54) is 11.1 Å². The summed E-state index contributed by atoms with van der Waals surface area (Å²) in [5, 5.41) is 0. The van der Waals surface area contributed by atoms with Crippen LogP contribution in [0.2, 0.25) is 0 Å². The number of carbonyl (C=O) groups is 1. The van der Waals surface area contributed by atoms with Crippen LogP contribution in [-0.2, 0) is 11.2 Å². The normalized spacial score (nSPS) is 12.1. The molecule has 0 aromatic heterocycles. The number of hydrogen-bond acceptors (Lipinski definition) is 3. The molecule has 0 saturated carbocycles. The molecule has 0 fully saturated rings. The third-order valence-electron chi connectivity index (χ3n) is 4.07. The Balaban J connectivity index is 1.76. The molecule has 0 saturated heterocycles. The molecule has 2 rings (SSSR count). The van der Waals surface area contributed by atoms with E-state index in [2.05, 4.69) is 43.3 Å². The second-order valence-corrected chi connectivity index (χ2v) is 6.02. The number of ether oxygens (including phenoxy) is 2. The lowest BCUT2D eigenvalue weighted by molar-refractivity contribution is 0.0327. The van der Waals surface area contributed by atoms with E-state index in [0.717, 1.165) is 25.0 Å². The van der Waals surface area contributed by atoms with Crippen LogP contribution in [0.3, 0.4) is 0 Å². The smallest absolute Gasteiger partial charge is 0.338 e. The van der Waals surface area contributed by atoms with Crippen molar-refractivity contribution in [3.63, 3.8) is 0 Å². The van der Waals surface area contributed by atoms with Gasteiger partial charge in [0.1, 0.15) is 5.75 Å². The van der Waals surface area contributed by atoms with Gasteiger partial charge in [0, 0.05) is 0 Å². The molecule has 1 unspecified atom stereocenters. The van der Waals surface area contributed by atoms with Crippen molar-refractivity contribution in [2.45, 2.75) is 39.2 Å². The Bertz CT molecular complexity index is 684. The van der Waals surface area contributed by atoms with E-state index < -0.39 is 0 Å². The first kappa shape index (κ1) is 18.8. The number of methoxy groups -OCH3 is 1. The van der Waals surface area contributed by atoms with E-state index in [4.69, 9.17) is 9.47 Å². The van der Waals surface area contributed by atoms with Crippen LogP contribution >= 0.6 is 0 Å². The Kier molecular flexibility index (Phi) is 7.27. The molecule has 0 bridgehead atoms. The number of benzene rings is 2. The van der Waals surface area contributed by atoms with Crippen LogP contribution in [0.25, 0.3) is 6.08 Å². The molecule has 0 heterocycles. The van der Waals surface area contributed by atoms with Crippen LogP contribution in [0, 0.1) is 0 Å². The van der Waals surface area contributed by atoms with Crippen LogP contribution < -0.4 is 4.74 Å². The quantitative estimate of drug-likeness (QED) is 0.613. The molecule has 3 nitrogen and oxygen atoms in total. The number of rotatable bonds is 8. The third kappa shape index (κ3) is 6.11. The third-order valence-corrected chi connectivity index (χ3v) is 4.07. The van der Waals surface area contributed by atoms with Crippen molar-refractivity contribution >= 4 is 12.0 Å². The van der Waals surface area contributed by atoms with Gasteiger partial charge in [0.05, 0.1) is 18.8 Å². The maximum Gasteiger partial charge on any atom is 0.338 e. The lowest BCUT2D eigenvalue weighted by Gasteiger charge is -2.12. The predicted octanol–water partition coefficient (Wildman–Crippen LogP) is 5.30. The molecular weight excluding hydrogens is 312 g/mol. The molecular formula is C22H26O3. The van der Waals surface area contributed by atoms with Crippen LogP contribution in [0.5, 0.6) is 5.75 Å². The zero-order valence-corrected chi connectivity index (χ0v) is 15.2. The second-order valence-electron chi connectivity index (χ2n) is 6.02. The Morgan fingerprint density at radius 1 is 1.08 bits per heavy atom. The summed E-state index contributed by atoms with van der Waals surface area (Å²) >= 11 is 0. The minimum Gasteiger partial charge on any atom is -0.497 e. The fourth-order valence-corrected chi connectivity index (χ4v) is 2.45. The van der Waals surface area contributed by atoms with E-state index >= 15 is 0 Å². The van der Waals surface area contributed by atoms with Crippen molar-refractivity contribution < 1.29 is 14.3 Å². The molecule has 132 valence electrons. The highest BCUT2D eigenvalue weighted by molar-refractivity contribution is 5.89. The van der Waals surface area contributed by atoms with Gasteiger partial charge in [0.25, 0.3) is 0 Å². The Hall–Kier alpha value is -2.55. The molecule has 0 spiro atoms. The fraction of sp³-hybridized carbons (Fsp3) is 0.318. The Morgan fingerprint density at radius 3 is 2.36 bits per heavy atom. The summed E-state index contributed by atoms with van der Waals surface area (Å²) in [6.07, 6.45) is 6.83. The standard InChI is InChI=1S/C22H26O3/c1-4-18-9-11-19(12-10-18)8-6-5-7-17(2)25-22(23)20-13-15-21(24-3)16-14-20/h6,8-17H,4-5,7H2,1-3H3. The molecule has 25 heavy (non-hydrogen) atoms. The van der Waals surface area contributed by atoms with Crippen molar-refractivity contribution in [2.24, 2.45) is 0 Å². The van der Waals surface area contributed by atoms with Crippen LogP contribution in [0.1, 0.15) is 48.2 Å². The summed E-state index contributed by atoms with van der Waals surface area (Å²) < 4.78 is 10.6. The molecule has 3 heteroatoms. The lowest BCUT2D eigenvalue weighted by Crippen LogP contribution is -2.14. The van der Waals surface area contributed by atoms with Crippen LogP contribution in [-0.4, -0.2) is 19.2 Å². The second kappa shape index (κ2) is 9.67. The number of hydrogen-bond donors (Lipinski definition) is 0. The van der Waals surface area contributed by atoms with Gasteiger partial charge in [-0.05, 0) is 61.6 Å².